The molecule has 102 valence electrons. The van der Waals surface area contributed by atoms with Crippen LogP contribution in [0.4, 0.5) is 0 Å². The molecule has 1 aliphatic rings. The van der Waals surface area contributed by atoms with E-state index in [9.17, 15) is 5.11 Å². The van der Waals surface area contributed by atoms with Crippen LogP contribution in [0.3, 0.4) is 0 Å². The van der Waals surface area contributed by atoms with Gasteiger partial charge in [-0.2, -0.15) is 0 Å². The molecule has 4 nitrogen and oxygen atoms in total. The van der Waals surface area contributed by atoms with Crippen LogP contribution in [0, 0.1) is 5.92 Å². The minimum atomic E-state index is 0.304. The van der Waals surface area contributed by atoms with E-state index in [4.69, 9.17) is 0 Å². The number of likely N-dealkylation sites (tertiary alicyclic amines) is 1. The molecule has 0 bridgehead atoms. The molecule has 2 heterocycles. The van der Waals surface area contributed by atoms with Crippen LogP contribution >= 0.6 is 11.5 Å². The van der Waals surface area contributed by atoms with Crippen molar-refractivity contribution >= 4 is 11.5 Å². The molecule has 0 aromatic carbocycles. The van der Waals surface area contributed by atoms with E-state index >= 15 is 0 Å². The van der Waals surface area contributed by atoms with Crippen molar-refractivity contribution in [1.29, 1.82) is 0 Å². The molecule has 5 heteroatoms. The van der Waals surface area contributed by atoms with E-state index in [1.54, 1.807) is 0 Å². The predicted octanol–water partition coefficient (Wildman–Crippen LogP) is 1.28. The van der Waals surface area contributed by atoms with E-state index in [0.29, 0.717) is 18.6 Å². The van der Waals surface area contributed by atoms with Crippen LogP contribution in [0.2, 0.25) is 0 Å². The second kappa shape index (κ2) is 6.61. The molecule has 0 saturated carbocycles. The normalized spacial score (nSPS) is 26.4. The van der Waals surface area contributed by atoms with Crippen molar-refractivity contribution in [2.24, 2.45) is 5.92 Å². The van der Waals surface area contributed by atoms with Gasteiger partial charge in [0.05, 0.1) is 0 Å². The van der Waals surface area contributed by atoms with Gasteiger partial charge in [-0.1, -0.05) is 0 Å². The maximum Gasteiger partial charge on any atom is 0.0471 e. The van der Waals surface area contributed by atoms with E-state index in [-0.39, 0.29) is 0 Å². The van der Waals surface area contributed by atoms with Crippen molar-refractivity contribution in [3.63, 3.8) is 0 Å². The molecule has 0 aliphatic carbocycles. The third kappa shape index (κ3) is 3.75. The third-order valence-electron chi connectivity index (χ3n) is 3.77. The Morgan fingerprint density at radius 3 is 2.89 bits per heavy atom. The van der Waals surface area contributed by atoms with Crippen LogP contribution in [0.15, 0.2) is 11.6 Å². The monoisotopic (exact) mass is 269 g/mol. The molecule has 2 rings (SSSR count). The van der Waals surface area contributed by atoms with Gasteiger partial charge in [0.2, 0.25) is 0 Å². The molecule has 0 spiro atoms. The smallest absolute Gasteiger partial charge is 0.0471 e. The minimum absolute atomic E-state index is 0.304. The summed E-state index contributed by atoms with van der Waals surface area (Å²) >= 11 is 1.51. The quantitative estimate of drug-likeness (QED) is 0.894. The summed E-state index contributed by atoms with van der Waals surface area (Å²) in [5.74, 6) is 0.418. The zero-order valence-electron chi connectivity index (χ0n) is 11.2. The number of hydrogen-bond donors (Lipinski definition) is 1. The Hall–Kier alpha value is -0.490. The number of nitrogens with zero attached hydrogens (tertiary/aromatic N) is 3. The molecule has 0 unspecified atom stereocenters. The Kier molecular flexibility index (Phi) is 5.12. The number of aliphatic hydroxyl groups is 1. The number of aliphatic hydroxyl groups excluding tert-OH is 1. The first kappa shape index (κ1) is 13.9. The minimum Gasteiger partial charge on any atom is -0.396 e. The van der Waals surface area contributed by atoms with Gasteiger partial charge in [-0.15, -0.1) is 0 Å². The molecule has 1 fully saturated rings. The molecule has 2 atom stereocenters. The van der Waals surface area contributed by atoms with Gasteiger partial charge >= 0.3 is 0 Å². The summed E-state index contributed by atoms with van der Waals surface area (Å²) in [5.41, 5.74) is 1.29. The first-order valence-corrected chi connectivity index (χ1v) is 7.40. The number of aromatic nitrogens is 1. The van der Waals surface area contributed by atoms with E-state index in [0.717, 1.165) is 26.1 Å². The van der Waals surface area contributed by atoms with Gasteiger partial charge in [0.25, 0.3) is 0 Å². The van der Waals surface area contributed by atoms with Crippen LogP contribution < -0.4 is 0 Å². The van der Waals surface area contributed by atoms with E-state index in [1.165, 1.54) is 23.5 Å². The van der Waals surface area contributed by atoms with E-state index in [2.05, 4.69) is 33.6 Å². The lowest BCUT2D eigenvalue weighted by molar-refractivity contribution is 0.158. The summed E-state index contributed by atoms with van der Waals surface area (Å²) in [6.07, 6.45) is 4.25. The topological polar surface area (TPSA) is 39.6 Å². The zero-order chi connectivity index (χ0) is 13.0. The van der Waals surface area contributed by atoms with Gasteiger partial charge in [-0.25, -0.2) is 4.37 Å². The predicted molar refractivity (Wildman–Crippen MR) is 74.7 cm³/mol. The van der Waals surface area contributed by atoms with Gasteiger partial charge in [-0.3, -0.25) is 4.90 Å². The number of likely N-dealkylation sites (N-methyl/N-ethyl adjacent to an activating group) is 1. The lowest BCUT2D eigenvalue weighted by atomic mass is 10.0. The molecule has 1 saturated heterocycles. The highest BCUT2D eigenvalue weighted by atomic mass is 32.1. The molecular weight excluding hydrogens is 246 g/mol. The first-order valence-electron chi connectivity index (χ1n) is 6.57. The Morgan fingerprint density at radius 1 is 1.44 bits per heavy atom. The molecule has 1 aliphatic heterocycles. The maximum absolute atomic E-state index is 9.43. The van der Waals surface area contributed by atoms with Crippen molar-refractivity contribution in [1.82, 2.24) is 14.2 Å². The summed E-state index contributed by atoms with van der Waals surface area (Å²) in [6.45, 7) is 3.34. The SMILES string of the molecule is CN(C)[C@@H]1CC[C@H](CO)CN(Cc2cnsc2)C1. The highest BCUT2D eigenvalue weighted by Crippen LogP contribution is 2.20. The van der Waals surface area contributed by atoms with Gasteiger partial charge < -0.3 is 10.0 Å². The lowest BCUT2D eigenvalue weighted by Gasteiger charge is -2.28. The average Bonchev–Trinajstić information content (AvgIpc) is 2.75. The standard InChI is InChI=1S/C13H23N3OS/c1-15(2)13-4-3-11(9-17)6-16(8-13)7-12-5-14-18-10-12/h5,10-11,13,17H,3-4,6-9H2,1-2H3/t11-,13+/m0/s1. The average molecular weight is 269 g/mol. The number of hydrogen-bond acceptors (Lipinski definition) is 5. The van der Waals surface area contributed by atoms with E-state index in [1.807, 2.05) is 6.20 Å². The molecule has 0 amide bonds. The Labute approximate surface area is 113 Å². The van der Waals surface area contributed by atoms with Crippen molar-refractivity contribution in [3.05, 3.63) is 17.1 Å². The van der Waals surface area contributed by atoms with Gasteiger partial charge in [0.1, 0.15) is 0 Å². The summed E-state index contributed by atoms with van der Waals surface area (Å²) < 4.78 is 4.16. The summed E-state index contributed by atoms with van der Waals surface area (Å²) in [7, 11) is 4.29. The van der Waals surface area contributed by atoms with Gasteiger partial charge in [-0.05, 0) is 50.0 Å². The Balaban J connectivity index is 2.00. The fourth-order valence-corrected chi connectivity index (χ4v) is 3.14. The van der Waals surface area contributed by atoms with Gasteiger partial charge in [0.15, 0.2) is 0 Å². The van der Waals surface area contributed by atoms with E-state index < -0.39 is 0 Å². The number of rotatable bonds is 4. The van der Waals surface area contributed by atoms with Crippen molar-refractivity contribution in [2.75, 3.05) is 33.8 Å². The fourth-order valence-electron chi connectivity index (χ4n) is 2.61. The highest BCUT2D eigenvalue weighted by Gasteiger charge is 2.24. The molecule has 1 aromatic rings. The molecule has 1 aromatic heterocycles. The summed E-state index contributed by atoms with van der Waals surface area (Å²) in [5, 5.41) is 11.5. The van der Waals surface area contributed by atoms with Crippen LogP contribution in [-0.2, 0) is 6.54 Å². The fraction of sp³-hybridized carbons (Fsp3) is 0.769. The Morgan fingerprint density at radius 2 is 2.28 bits per heavy atom. The second-order valence-corrected chi connectivity index (χ2v) is 6.13. The van der Waals surface area contributed by atoms with Crippen LogP contribution in [0.25, 0.3) is 0 Å². The molecule has 18 heavy (non-hydrogen) atoms. The molecule has 1 N–H and O–H groups in total. The maximum atomic E-state index is 9.43. The largest absolute Gasteiger partial charge is 0.396 e. The second-order valence-electron chi connectivity index (χ2n) is 5.47. The lowest BCUT2D eigenvalue weighted by Crippen LogP contribution is -2.39. The van der Waals surface area contributed by atoms with Crippen LogP contribution in [-0.4, -0.2) is 59.1 Å². The van der Waals surface area contributed by atoms with Crippen molar-refractivity contribution < 1.29 is 5.11 Å². The van der Waals surface area contributed by atoms with Crippen LogP contribution in [0.1, 0.15) is 18.4 Å². The molecular formula is C13H23N3OS. The summed E-state index contributed by atoms with van der Waals surface area (Å²) in [6, 6.07) is 0.591. The summed E-state index contributed by atoms with van der Waals surface area (Å²) in [4.78, 5) is 4.76. The zero-order valence-corrected chi connectivity index (χ0v) is 12.1. The third-order valence-corrected chi connectivity index (χ3v) is 4.41. The Bertz CT molecular complexity index is 342. The molecule has 0 radical (unpaired) electrons. The van der Waals surface area contributed by atoms with Crippen LogP contribution in [0.5, 0.6) is 0 Å². The highest BCUT2D eigenvalue weighted by molar-refractivity contribution is 7.03. The first-order chi connectivity index (χ1) is 8.69. The van der Waals surface area contributed by atoms with Crippen molar-refractivity contribution in [3.8, 4) is 0 Å². The van der Waals surface area contributed by atoms with Gasteiger partial charge in [0, 0.05) is 43.9 Å². The van der Waals surface area contributed by atoms with Crippen molar-refractivity contribution in [2.45, 2.75) is 25.4 Å².